The molecule has 1 aromatic rings. The van der Waals surface area contributed by atoms with E-state index in [-0.39, 0.29) is 16.1 Å². The van der Waals surface area contributed by atoms with Crippen LogP contribution in [0, 0.1) is 0 Å². The molecule has 2 rings (SSSR count). The van der Waals surface area contributed by atoms with Crippen LogP contribution in [-0.4, -0.2) is 16.1 Å². The second-order valence-corrected chi connectivity index (χ2v) is 9.61. The number of ketones is 1. The number of Topliss-reactive ketones (excluding diaryl/α,β-unsaturated/α-hetero) is 1. The molecule has 22 heavy (non-hydrogen) atoms. The van der Waals surface area contributed by atoms with Crippen molar-refractivity contribution < 1.29 is 9.90 Å². The molecule has 3 heteroatoms. The zero-order chi connectivity index (χ0) is 16.7. The summed E-state index contributed by atoms with van der Waals surface area (Å²) in [5.74, 6) is 0.773. The number of phenolic OH excluding ortho intramolecular Hbond substituents is 1. The first-order valence-electron chi connectivity index (χ1n) is 8.07. The summed E-state index contributed by atoms with van der Waals surface area (Å²) in [5.41, 5.74) is 1.68. The van der Waals surface area contributed by atoms with Crippen molar-refractivity contribution in [3.8, 4) is 5.75 Å². The maximum atomic E-state index is 11.9. The van der Waals surface area contributed by atoms with Crippen LogP contribution in [0.4, 0.5) is 0 Å². The molecule has 0 spiro atoms. The molecule has 0 bridgehead atoms. The van der Waals surface area contributed by atoms with Crippen molar-refractivity contribution in [1.82, 2.24) is 0 Å². The highest BCUT2D eigenvalue weighted by Crippen LogP contribution is 2.43. The van der Waals surface area contributed by atoms with Gasteiger partial charge in [-0.1, -0.05) is 41.5 Å². The molecule has 2 nitrogen and oxygen atoms in total. The Hall–Kier alpha value is -0.960. The van der Waals surface area contributed by atoms with E-state index in [2.05, 4.69) is 53.7 Å². The first-order valence-corrected chi connectivity index (χ1v) is 8.95. The smallest absolute Gasteiger partial charge is 0.146 e. The van der Waals surface area contributed by atoms with Gasteiger partial charge in [-0.3, -0.25) is 4.79 Å². The van der Waals surface area contributed by atoms with Crippen molar-refractivity contribution in [2.45, 2.75) is 81.8 Å². The van der Waals surface area contributed by atoms with Crippen LogP contribution in [0.2, 0.25) is 0 Å². The number of aromatic hydroxyl groups is 1. The summed E-state index contributed by atoms with van der Waals surface area (Å²) in [6.07, 6.45) is 2.70. The van der Waals surface area contributed by atoms with Gasteiger partial charge >= 0.3 is 0 Å². The number of phenols is 1. The van der Waals surface area contributed by atoms with E-state index in [9.17, 15) is 9.90 Å². The van der Waals surface area contributed by atoms with Crippen LogP contribution in [0.25, 0.3) is 0 Å². The monoisotopic (exact) mass is 320 g/mol. The Morgan fingerprint density at radius 2 is 1.55 bits per heavy atom. The molecule has 1 aliphatic rings. The lowest BCUT2D eigenvalue weighted by Crippen LogP contribution is -2.18. The summed E-state index contributed by atoms with van der Waals surface area (Å²) in [4.78, 5) is 13.0. The van der Waals surface area contributed by atoms with E-state index in [1.165, 1.54) is 0 Å². The molecule has 1 fully saturated rings. The minimum Gasteiger partial charge on any atom is -0.507 e. The molecule has 1 aromatic carbocycles. The van der Waals surface area contributed by atoms with E-state index < -0.39 is 0 Å². The Labute approximate surface area is 138 Å². The topological polar surface area (TPSA) is 37.3 Å². The maximum Gasteiger partial charge on any atom is 0.146 e. The van der Waals surface area contributed by atoms with Crippen LogP contribution in [0.3, 0.4) is 0 Å². The third-order valence-corrected chi connectivity index (χ3v) is 5.52. The Kier molecular flexibility index (Phi) is 4.68. The number of carbonyl (C=O) groups is 1. The highest BCUT2D eigenvalue weighted by atomic mass is 32.2. The molecular weight excluding hydrogens is 292 g/mol. The molecule has 0 aliphatic heterocycles. The first-order chi connectivity index (χ1) is 10.00. The minimum absolute atomic E-state index is 0.0881. The van der Waals surface area contributed by atoms with E-state index in [1.54, 1.807) is 11.8 Å². The number of rotatable bonds is 2. The fourth-order valence-corrected chi connectivity index (χ4v) is 4.13. The summed E-state index contributed by atoms with van der Waals surface area (Å²) in [6, 6.07) is 4.14. The summed E-state index contributed by atoms with van der Waals surface area (Å²) in [6.45, 7) is 12.7. The van der Waals surface area contributed by atoms with E-state index in [0.717, 1.165) is 28.9 Å². The van der Waals surface area contributed by atoms with Crippen molar-refractivity contribution in [2.75, 3.05) is 0 Å². The Morgan fingerprint density at radius 3 is 1.91 bits per heavy atom. The first kappa shape index (κ1) is 17.4. The van der Waals surface area contributed by atoms with Crippen LogP contribution in [0.1, 0.15) is 71.9 Å². The van der Waals surface area contributed by atoms with Crippen LogP contribution in [0.5, 0.6) is 5.75 Å². The van der Waals surface area contributed by atoms with E-state index >= 15 is 0 Å². The molecule has 0 radical (unpaired) electrons. The predicted octanol–water partition coefficient (Wildman–Crippen LogP) is 5.20. The Morgan fingerprint density at radius 1 is 1.05 bits per heavy atom. The van der Waals surface area contributed by atoms with E-state index in [0.29, 0.717) is 18.0 Å². The largest absolute Gasteiger partial charge is 0.507 e. The molecule has 1 saturated carbocycles. The fraction of sp³-hybridized carbons (Fsp3) is 0.632. The molecule has 0 aromatic heterocycles. The van der Waals surface area contributed by atoms with Gasteiger partial charge in [-0.15, -0.1) is 11.8 Å². The number of benzene rings is 1. The normalized spacial score (nSPS) is 19.7. The van der Waals surface area contributed by atoms with Gasteiger partial charge in [0.25, 0.3) is 0 Å². The Balaban J connectivity index is 2.48. The average Bonchev–Trinajstić information content (AvgIpc) is 2.74. The molecule has 122 valence electrons. The molecule has 0 heterocycles. The van der Waals surface area contributed by atoms with Crippen molar-refractivity contribution in [2.24, 2.45) is 0 Å². The third kappa shape index (κ3) is 3.68. The predicted molar refractivity (Wildman–Crippen MR) is 94.0 cm³/mol. The summed E-state index contributed by atoms with van der Waals surface area (Å²) in [7, 11) is 0. The highest BCUT2D eigenvalue weighted by molar-refractivity contribution is 8.00. The molecular formula is C19H28O2S. The van der Waals surface area contributed by atoms with Crippen molar-refractivity contribution in [3.63, 3.8) is 0 Å². The maximum absolute atomic E-state index is 11.9. The van der Waals surface area contributed by atoms with Crippen molar-refractivity contribution in [3.05, 3.63) is 23.3 Å². The van der Waals surface area contributed by atoms with Crippen molar-refractivity contribution in [1.29, 1.82) is 0 Å². The second kappa shape index (κ2) is 5.92. The van der Waals surface area contributed by atoms with Gasteiger partial charge in [0.1, 0.15) is 11.5 Å². The highest BCUT2D eigenvalue weighted by Gasteiger charge is 2.29. The third-order valence-electron chi connectivity index (χ3n) is 4.23. The average molecular weight is 320 g/mol. The number of hydrogen-bond acceptors (Lipinski definition) is 3. The molecule has 0 saturated heterocycles. The number of hydrogen-bond donors (Lipinski definition) is 1. The van der Waals surface area contributed by atoms with Crippen LogP contribution in [-0.2, 0) is 15.6 Å². The van der Waals surface area contributed by atoms with Gasteiger partial charge in [0.2, 0.25) is 0 Å². The Bertz CT molecular complexity index is 541. The zero-order valence-corrected chi connectivity index (χ0v) is 15.4. The van der Waals surface area contributed by atoms with E-state index in [4.69, 9.17) is 0 Å². The SMILES string of the molecule is CC(C)(C)c1cc(SC2CCCC2=O)cc(C(C)(C)C)c1O. The van der Waals surface area contributed by atoms with Gasteiger partial charge in [0.05, 0.1) is 5.25 Å². The molecule has 0 amide bonds. The summed E-state index contributed by atoms with van der Waals surface area (Å²) >= 11 is 1.67. The fourth-order valence-electron chi connectivity index (χ4n) is 2.89. The van der Waals surface area contributed by atoms with Gasteiger partial charge in [-0.05, 0) is 35.8 Å². The van der Waals surface area contributed by atoms with Gasteiger partial charge in [-0.2, -0.15) is 0 Å². The van der Waals surface area contributed by atoms with E-state index in [1.807, 2.05) is 0 Å². The standard InChI is InChI=1S/C19H28O2S/c1-18(2,3)13-10-12(22-16-9-7-8-15(16)20)11-14(17(13)21)19(4,5)6/h10-11,16,21H,7-9H2,1-6H3. The van der Waals surface area contributed by atoms with Crippen molar-refractivity contribution >= 4 is 17.5 Å². The van der Waals surface area contributed by atoms with Crippen LogP contribution < -0.4 is 0 Å². The molecule has 1 N–H and O–H groups in total. The van der Waals surface area contributed by atoms with Gasteiger partial charge in [0.15, 0.2) is 0 Å². The second-order valence-electron chi connectivity index (χ2n) is 8.33. The van der Waals surface area contributed by atoms with Gasteiger partial charge < -0.3 is 5.11 Å². The molecule has 1 aliphatic carbocycles. The number of thioether (sulfide) groups is 1. The zero-order valence-electron chi connectivity index (χ0n) is 14.6. The lowest BCUT2D eigenvalue weighted by Gasteiger charge is -2.28. The quantitative estimate of drug-likeness (QED) is 0.813. The lowest BCUT2D eigenvalue weighted by atomic mass is 9.79. The number of carbonyl (C=O) groups excluding carboxylic acids is 1. The molecule has 1 unspecified atom stereocenters. The summed E-state index contributed by atoms with van der Waals surface area (Å²) < 4.78 is 0. The molecule has 1 atom stereocenters. The van der Waals surface area contributed by atoms with Gasteiger partial charge in [0, 0.05) is 22.4 Å². The van der Waals surface area contributed by atoms with Gasteiger partial charge in [-0.25, -0.2) is 0 Å². The minimum atomic E-state index is -0.125. The van der Waals surface area contributed by atoms with Crippen LogP contribution in [0.15, 0.2) is 17.0 Å². The van der Waals surface area contributed by atoms with Crippen LogP contribution >= 0.6 is 11.8 Å². The lowest BCUT2D eigenvalue weighted by molar-refractivity contribution is -0.116. The summed E-state index contributed by atoms with van der Waals surface area (Å²) in [5, 5.41) is 10.8.